The van der Waals surface area contributed by atoms with Crippen molar-refractivity contribution >= 4 is 5.69 Å². The summed E-state index contributed by atoms with van der Waals surface area (Å²) in [7, 11) is 0. The van der Waals surface area contributed by atoms with Gasteiger partial charge in [-0.3, -0.25) is 4.98 Å². The Balaban J connectivity index is 1.88. The Hall–Kier alpha value is -2.76. The quantitative estimate of drug-likeness (QED) is 0.739. The molecule has 0 saturated carbocycles. The van der Waals surface area contributed by atoms with Crippen LogP contribution in [0.1, 0.15) is 11.5 Å². The summed E-state index contributed by atoms with van der Waals surface area (Å²) in [5.74, 6) is 0.272. The van der Waals surface area contributed by atoms with E-state index < -0.39 is 5.82 Å². The minimum absolute atomic E-state index is 0.202. The van der Waals surface area contributed by atoms with Gasteiger partial charge >= 0.3 is 0 Å². The van der Waals surface area contributed by atoms with E-state index in [0.717, 1.165) is 5.69 Å². The molecule has 0 aliphatic carbocycles. The number of nitrogens with two attached hydrogens (primary N) is 1. The number of anilines is 1. The predicted molar refractivity (Wildman–Crippen MR) is 71.1 cm³/mol. The average molecular weight is 270 g/mol. The third kappa shape index (κ3) is 2.49. The number of nitrogens with zero attached hydrogens (tertiary/aromatic N) is 3. The smallest absolute Gasteiger partial charge is 0.260 e. The number of hydrogen-bond donors (Lipinski definition) is 1. The van der Waals surface area contributed by atoms with E-state index in [0.29, 0.717) is 23.5 Å². The number of halogens is 1. The molecule has 0 atom stereocenters. The van der Waals surface area contributed by atoms with Gasteiger partial charge in [-0.05, 0) is 30.3 Å². The summed E-state index contributed by atoms with van der Waals surface area (Å²) in [6.45, 7) is 0. The van der Waals surface area contributed by atoms with Gasteiger partial charge in [-0.25, -0.2) is 4.39 Å². The van der Waals surface area contributed by atoms with E-state index in [1.807, 2.05) is 18.2 Å². The monoisotopic (exact) mass is 270 g/mol. The van der Waals surface area contributed by atoms with Crippen molar-refractivity contribution in [2.45, 2.75) is 6.42 Å². The summed E-state index contributed by atoms with van der Waals surface area (Å²) in [5.41, 5.74) is 7.38. The summed E-state index contributed by atoms with van der Waals surface area (Å²) in [5, 5.41) is 3.85. The van der Waals surface area contributed by atoms with Gasteiger partial charge in [-0.2, -0.15) is 4.98 Å². The highest BCUT2D eigenvalue weighted by molar-refractivity contribution is 5.70. The average Bonchev–Trinajstić information content (AvgIpc) is 2.91. The molecule has 5 nitrogen and oxygen atoms in total. The lowest BCUT2D eigenvalue weighted by atomic mass is 10.2. The Morgan fingerprint density at radius 1 is 1.20 bits per heavy atom. The molecule has 0 saturated heterocycles. The van der Waals surface area contributed by atoms with Crippen LogP contribution in [0.3, 0.4) is 0 Å². The maximum absolute atomic E-state index is 13.2. The minimum Gasteiger partial charge on any atom is -0.398 e. The molecule has 3 rings (SSSR count). The molecule has 1 aromatic carbocycles. The van der Waals surface area contributed by atoms with Gasteiger partial charge in [0.2, 0.25) is 0 Å². The van der Waals surface area contributed by atoms with Crippen LogP contribution in [0.5, 0.6) is 0 Å². The van der Waals surface area contributed by atoms with Gasteiger partial charge in [-0.15, -0.1) is 0 Å². The zero-order chi connectivity index (χ0) is 13.9. The van der Waals surface area contributed by atoms with Crippen LogP contribution in [-0.4, -0.2) is 15.1 Å². The van der Waals surface area contributed by atoms with Crippen LogP contribution in [0.25, 0.3) is 11.5 Å². The molecular weight excluding hydrogens is 259 g/mol. The van der Waals surface area contributed by atoms with E-state index in [2.05, 4.69) is 15.1 Å². The lowest BCUT2D eigenvalue weighted by Crippen LogP contribution is -1.94. The molecule has 2 aromatic heterocycles. The Morgan fingerprint density at radius 3 is 2.90 bits per heavy atom. The largest absolute Gasteiger partial charge is 0.398 e. The molecule has 0 bridgehead atoms. The van der Waals surface area contributed by atoms with Crippen molar-refractivity contribution < 1.29 is 8.91 Å². The lowest BCUT2D eigenvalue weighted by Gasteiger charge is -1.99. The first-order chi connectivity index (χ1) is 9.72. The van der Waals surface area contributed by atoms with Gasteiger partial charge in [0, 0.05) is 17.6 Å². The van der Waals surface area contributed by atoms with E-state index in [1.54, 1.807) is 6.20 Å². The lowest BCUT2D eigenvalue weighted by molar-refractivity contribution is 0.423. The van der Waals surface area contributed by atoms with E-state index in [1.165, 1.54) is 18.2 Å². The minimum atomic E-state index is -0.404. The van der Waals surface area contributed by atoms with E-state index in [9.17, 15) is 4.39 Å². The van der Waals surface area contributed by atoms with Gasteiger partial charge in [0.15, 0.2) is 5.82 Å². The topological polar surface area (TPSA) is 77.8 Å². The first kappa shape index (κ1) is 12.3. The number of hydrogen-bond acceptors (Lipinski definition) is 5. The molecule has 0 spiro atoms. The van der Waals surface area contributed by atoms with E-state index >= 15 is 0 Å². The number of benzene rings is 1. The molecule has 0 aliphatic heterocycles. The highest BCUT2D eigenvalue weighted by Gasteiger charge is 2.13. The maximum atomic E-state index is 13.2. The second-order valence-electron chi connectivity index (χ2n) is 4.25. The number of nitrogen functional groups attached to an aromatic ring is 1. The summed E-state index contributed by atoms with van der Waals surface area (Å²) in [6.07, 6.45) is 2.14. The molecule has 3 aromatic rings. The Morgan fingerprint density at radius 2 is 2.10 bits per heavy atom. The van der Waals surface area contributed by atoms with Crippen molar-refractivity contribution in [3.8, 4) is 11.5 Å². The van der Waals surface area contributed by atoms with E-state index in [4.69, 9.17) is 10.3 Å². The molecule has 2 heterocycles. The van der Waals surface area contributed by atoms with Crippen LogP contribution in [-0.2, 0) is 6.42 Å². The molecule has 2 N–H and O–H groups in total. The highest BCUT2D eigenvalue weighted by Crippen LogP contribution is 2.25. The second-order valence-corrected chi connectivity index (χ2v) is 4.25. The molecule has 0 amide bonds. The van der Waals surface area contributed by atoms with Gasteiger partial charge in [0.05, 0.1) is 12.0 Å². The first-order valence-corrected chi connectivity index (χ1v) is 6.00. The summed E-state index contributed by atoms with van der Waals surface area (Å²) >= 11 is 0. The molecule has 100 valence electrons. The predicted octanol–water partition coefficient (Wildman–Crippen LogP) is 2.44. The van der Waals surface area contributed by atoms with Gasteiger partial charge in [-0.1, -0.05) is 11.2 Å². The zero-order valence-electron chi connectivity index (χ0n) is 10.5. The number of rotatable bonds is 3. The molecular formula is C14H11FN4O. The van der Waals surface area contributed by atoms with Crippen LogP contribution >= 0.6 is 0 Å². The molecule has 6 heteroatoms. The second kappa shape index (κ2) is 5.08. The summed E-state index contributed by atoms with van der Waals surface area (Å²) in [6, 6.07) is 9.60. The Bertz CT molecular complexity index is 727. The number of pyridine rings is 1. The highest BCUT2D eigenvalue weighted by atomic mass is 19.1. The van der Waals surface area contributed by atoms with Crippen molar-refractivity contribution in [3.05, 3.63) is 59.9 Å². The van der Waals surface area contributed by atoms with Gasteiger partial charge in [0.25, 0.3) is 5.89 Å². The Labute approximate surface area is 114 Å². The maximum Gasteiger partial charge on any atom is 0.260 e. The van der Waals surface area contributed by atoms with Crippen LogP contribution in [0.2, 0.25) is 0 Å². The van der Waals surface area contributed by atoms with E-state index in [-0.39, 0.29) is 5.89 Å². The molecule has 0 radical (unpaired) electrons. The van der Waals surface area contributed by atoms with Crippen molar-refractivity contribution in [3.63, 3.8) is 0 Å². The molecule has 0 unspecified atom stereocenters. The fourth-order valence-electron chi connectivity index (χ4n) is 1.81. The van der Waals surface area contributed by atoms with Crippen molar-refractivity contribution in [2.24, 2.45) is 0 Å². The Kier molecular flexibility index (Phi) is 3.12. The fraction of sp³-hybridized carbons (Fsp3) is 0.0714. The standard InChI is InChI=1S/C14H11FN4O/c15-9-4-5-12(16)11(7-9)14-18-13(19-20-14)8-10-3-1-2-6-17-10/h1-7H,8,16H2. The normalized spacial score (nSPS) is 10.7. The van der Waals surface area contributed by atoms with Crippen molar-refractivity contribution in [1.82, 2.24) is 15.1 Å². The SMILES string of the molecule is Nc1ccc(F)cc1-c1nc(Cc2ccccn2)no1. The number of aromatic nitrogens is 3. The molecule has 0 aliphatic rings. The summed E-state index contributed by atoms with van der Waals surface area (Å²) < 4.78 is 18.4. The van der Waals surface area contributed by atoms with Crippen LogP contribution < -0.4 is 5.73 Å². The third-order valence-electron chi connectivity index (χ3n) is 2.78. The van der Waals surface area contributed by atoms with Crippen molar-refractivity contribution in [2.75, 3.05) is 5.73 Å². The van der Waals surface area contributed by atoms with Crippen LogP contribution in [0.15, 0.2) is 47.1 Å². The molecule has 20 heavy (non-hydrogen) atoms. The molecule has 0 fully saturated rings. The first-order valence-electron chi connectivity index (χ1n) is 6.00. The zero-order valence-corrected chi connectivity index (χ0v) is 10.5. The van der Waals surface area contributed by atoms with Gasteiger partial charge < -0.3 is 10.3 Å². The summed E-state index contributed by atoms with van der Waals surface area (Å²) in [4.78, 5) is 8.39. The fourth-order valence-corrected chi connectivity index (χ4v) is 1.81. The van der Waals surface area contributed by atoms with Crippen molar-refractivity contribution in [1.29, 1.82) is 0 Å². The van der Waals surface area contributed by atoms with Crippen LogP contribution in [0.4, 0.5) is 10.1 Å². The third-order valence-corrected chi connectivity index (χ3v) is 2.78. The van der Waals surface area contributed by atoms with Gasteiger partial charge in [0.1, 0.15) is 5.82 Å². The van der Waals surface area contributed by atoms with Crippen LogP contribution in [0, 0.1) is 5.82 Å².